The molecular formula is C12H22N2OS. The highest BCUT2D eigenvalue weighted by Crippen LogP contribution is 2.30. The van der Waals surface area contributed by atoms with Gasteiger partial charge in [0.15, 0.2) is 0 Å². The molecule has 1 aliphatic heterocycles. The number of nitrogens with zero attached hydrogens (tertiary/aromatic N) is 1. The van der Waals surface area contributed by atoms with E-state index >= 15 is 0 Å². The van der Waals surface area contributed by atoms with E-state index < -0.39 is 0 Å². The molecule has 2 aliphatic rings. The second kappa shape index (κ2) is 5.92. The highest BCUT2D eigenvalue weighted by Gasteiger charge is 2.38. The first-order valence-corrected chi connectivity index (χ1v) is 7.57. The van der Waals surface area contributed by atoms with Gasteiger partial charge in [0, 0.05) is 25.0 Å². The third kappa shape index (κ3) is 3.39. The fraction of sp³-hybridized carbons (Fsp3) is 0.917. The monoisotopic (exact) mass is 242 g/mol. The lowest BCUT2D eigenvalue weighted by Crippen LogP contribution is -2.34. The minimum Gasteiger partial charge on any atom is -0.338 e. The number of hydrogen-bond acceptors (Lipinski definition) is 3. The van der Waals surface area contributed by atoms with E-state index in [0.29, 0.717) is 18.0 Å². The number of hydrogen-bond donors (Lipinski definition) is 1. The summed E-state index contributed by atoms with van der Waals surface area (Å²) in [5.41, 5.74) is 0. The smallest absolute Gasteiger partial charge is 0.224 e. The lowest BCUT2D eigenvalue weighted by molar-refractivity contribution is -0.128. The van der Waals surface area contributed by atoms with E-state index in [2.05, 4.69) is 17.1 Å². The molecule has 0 aromatic heterocycles. The number of thioether (sulfide) groups is 1. The lowest BCUT2D eigenvalue weighted by Gasteiger charge is -2.16. The molecule has 1 amide bonds. The van der Waals surface area contributed by atoms with E-state index in [4.69, 9.17) is 0 Å². The molecule has 1 unspecified atom stereocenters. The summed E-state index contributed by atoms with van der Waals surface area (Å²) in [5, 5.41) is 3.51. The third-order valence-corrected chi connectivity index (χ3v) is 4.23. The first-order valence-electron chi connectivity index (χ1n) is 6.42. The van der Waals surface area contributed by atoms with Crippen molar-refractivity contribution in [3.8, 4) is 0 Å². The zero-order chi connectivity index (χ0) is 11.4. The highest BCUT2D eigenvalue weighted by molar-refractivity contribution is 7.99. The van der Waals surface area contributed by atoms with Gasteiger partial charge < -0.3 is 10.2 Å². The number of nitrogens with one attached hydrogen (secondary N) is 1. The third-order valence-electron chi connectivity index (χ3n) is 3.25. The Balaban J connectivity index is 1.58. The zero-order valence-electron chi connectivity index (χ0n) is 10.1. The van der Waals surface area contributed by atoms with Gasteiger partial charge in [0.05, 0.1) is 0 Å². The molecule has 4 heteroatoms. The number of rotatable bonds is 7. The Labute approximate surface area is 102 Å². The van der Waals surface area contributed by atoms with Gasteiger partial charge >= 0.3 is 0 Å². The molecule has 1 aliphatic carbocycles. The van der Waals surface area contributed by atoms with Crippen molar-refractivity contribution in [2.24, 2.45) is 0 Å². The molecule has 0 bridgehead atoms. The molecule has 1 atom stereocenters. The minimum atomic E-state index is 0.364. The Kier molecular flexibility index (Phi) is 4.53. The highest BCUT2D eigenvalue weighted by atomic mass is 32.2. The van der Waals surface area contributed by atoms with Crippen molar-refractivity contribution in [1.29, 1.82) is 0 Å². The average molecular weight is 242 g/mol. The van der Waals surface area contributed by atoms with Crippen molar-refractivity contribution in [2.45, 2.75) is 44.7 Å². The second-order valence-electron chi connectivity index (χ2n) is 4.68. The van der Waals surface area contributed by atoms with Gasteiger partial charge in [-0.15, -0.1) is 0 Å². The van der Waals surface area contributed by atoms with Gasteiger partial charge in [-0.1, -0.05) is 6.92 Å². The molecule has 1 saturated carbocycles. The van der Waals surface area contributed by atoms with E-state index in [9.17, 15) is 4.79 Å². The largest absolute Gasteiger partial charge is 0.338 e. The van der Waals surface area contributed by atoms with Crippen LogP contribution in [0.25, 0.3) is 0 Å². The number of likely N-dealkylation sites (tertiary alicyclic amines) is 1. The van der Waals surface area contributed by atoms with E-state index in [-0.39, 0.29) is 0 Å². The maximum absolute atomic E-state index is 11.7. The summed E-state index contributed by atoms with van der Waals surface area (Å²) >= 11 is 1.99. The zero-order valence-corrected chi connectivity index (χ0v) is 10.9. The first kappa shape index (κ1) is 12.2. The van der Waals surface area contributed by atoms with E-state index in [0.717, 1.165) is 19.5 Å². The predicted molar refractivity (Wildman–Crippen MR) is 68.8 cm³/mol. The molecule has 1 heterocycles. The molecule has 1 saturated heterocycles. The van der Waals surface area contributed by atoms with Crippen LogP contribution in [0.2, 0.25) is 0 Å². The van der Waals surface area contributed by atoms with Crippen LogP contribution in [-0.4, -0.2) is 47.5 Å². The van der Waals surface area contributed by atoms with Crippen molar-refractivity contribution >= 4 is 17.7 Å². The summed E-state index contributed by atoms with van der Waals surface area (Å²) in [5.74, 6) is 2.80. The Morgan fingerprint density at radius 1 is 1.50 bits per heavy atom. The van der Waals surface area contributed by atoms with Crippen LogP contribution in [0.1, 0.15) is 32.6 Å². The molecule has 16 heavy (non-hydrogen) atoms. The predicted octanol–water partition coefficient (Wildman–Crippen LogP) is 1.48. The van der Waals surface area contributed by atoms with Crippen LogP contribution in [0.4, 0.5) is 0 Å². The fourth-order valence-electron chi connectivity index (χ4n) is 2.23. The molecule has 2 rings (SSSR count). The summed E-state index contributed by atoms with van der Waals surface area (Å²) in [6, 6.07) is 1.01. The lowest BCUT2D eigenvalue weighted by atomic mass is 10.2. The maximum Gasteiger partial charge on any atom is 0.224 e. The molecule has 0 aromatic rings. The summed E-state index contributed by atoms with van der Waals surface area (Å²) in [6.45, 7) is 4.20. The summed E-state index contributed by atoms with van der Waals surface area (Å²) in [4.78, 5) is 13.8. The summed E-state index contributed by atoms with van der Waals surface area (Å²) in [6.07, 6.45) is 4.39. The van der Waals surface area contributed by atoms with E-state index in [1.807, 2.05) is 11.8 Å². The fourth-order valence-corrected chi connectivity index (χ4v) is 2.87. The van der Waals surface area contributed by atoms with Crippen LogP contribution in [0.5, 0.6) is 0 Å². The van der Waals surface area contributed by atoms with Crippen molar-refractivity contribution in [1.82, 2.24) is 10.2 Å². The molecule has 1 N–H and O–H groups in total. The van der Waals surface area contributed by atoms with Crippen LogP contribution >= 0.6 is 11.8 Å². The maximum atomic E-state index is 11.7. The minimum absolute atomic E-state index is 0.364. The van der Waals surface area contributed by atoms with Crippen LogP contribution in [-0.2, 0) is 4.79 Å². The number of carbonyl (C=O) groups is 1. The first-order chi connectivity index (χ1) is 7.81. The number of carbonyl (C=O) groups excluding carboxylic acids is 1. The SMILES string of the molecule is CCSCCCNC1CC(=O)N(C2CC2)C1. The van der Waals surface area contributed by atoms with Crippen molar-refractivity contribution in [3.63, 3.8) is 0 Å². The van der Waals surface area contributed by atoms with Gasteiger partial charge in [-0.2, -0.15) is 11.8 Å². The van der Waals surface area contributed by atoms with Gasteiger partial charge in [-0.05, 0) is 37.3 Å². The Morgan fingerprint density at radius 2 is 2.31 bits per heavy atom. The Morgan fingerprint density at radius 3 is 3.00 bits per heavy atom. The standard InChI is InChI=1S/C12H22N2OS/c1-2-16-7-3-6-13-10-8-12(15)14(9-10)11-4-5-11/h10-11,13H,2-9H2,1H3. The molecular weight excluding hydrogens is 220 g/mol. The summed E-state index contributed by atoms with van der Waals surface area (Å²) in [7, 11) is 0. The van der Waals surface area contributed by atoms with Gasteiger partial charge in [-0.3, -0.25) is 4.79 Å². The van der Waals surface area contributed by atoms with Crippen LogP contribution in [0, 0.1) is 0 Å². The molecule has 0 aromatic carbocycles. The van der Waals surface area contributed by atoms with E-state index in [1.54, 1.807) is 0 Å². The molecule has 2 fully saturated rings. The quantitative estimate of drug-likeness (QED) is 0.686. The molecule has 3 nitrogen and oxygen atoms in total. The van der Waals surface area contributed by atoms with Crippen molar-refractivity contribution in [3.05, 3.63) is 0 Å². The van der Waals surface area contributed by atoms with Gasteiger partial charge in [-0.25, -0.2) is 0 Å². The number of amides is 1. The molecule has 0 spiro atoms. The Hall–Kier alpha value is -0.220. The van der Waals surface area contributed by atoms with Crippen LogP contribution < -0.4 is 5.32 Å². The van der Waals surface area contributed by atoms with Gasteiger partial charge in [0.25, 0.3) is 0 Å². The summed E-state index contributed by atoms with van der Waals surface area (Å²) < 4.78 is 0. The molecule has 0 radical (unpaired) electrons. The van der Waals surface area contributed by atoms with Crippen LogP contribution in [0.3, 0.4) is 0 Å². The van der Waals surface area contributed by atoms with Gasteiger partial charge in [0.1, 0.15) is 0 Å². The van der Waals surface area contributed by atoms with E-state index in [1.165, 1.54) is 30.8 Å². The van der Waals surface area contributed by atoms with Crippen LogP contribution in [0.15, 0.2) is 0 Å². The molecule has 92 valence electrons. The topological polar surface area (TPSA) is 32.3 Å². The van der Waals surface area contributed by atoms with Gasteiger partial charge in [0.2, 0.25) is 5.91 Å². The van der Waals surface area contributed by atoms with Crippen molar-refractivity contribution in [2.75, 3.05) is 24.6 Å². The second-order valence-corrected chi connectivity index (χ2v) is 6.08. The van der Waals surface area contributed by atoms with Crippen molar-refractivity contribution < 1.29 is 4.79 Å². The Bertz CT molecular complexity index is 243. The average Bonchev–Trinajstić information content (AvgIpc) is 3.04. The normalized spacial score (nSPS) is 25.4.